The van der Waals surface area contributed by atoms with Crippen molar-refractivity contribution in [2.45, 2.75) is 32.5 Å². The first-order valence-corrected chi connectivity index (χ1v) is 10.4. The van der Waals surface area contributed by atoms with Gasteiger partial charge in [-0.1, -0.05) is 72.8 Å². The standard InChI is InChI=1S/C27H24O4/c28-26(30-18-20-12-14-22-6-1-3-8-24(22)16-20)10-5-11-27(29)31-19-21-13-15-23-7-2-4-9-25(23)17-21/h1-4,6-9,12-17H,5,10-11,18-19H2. The van der Waals surface area contributed by atoms with Crippen molar-refractivity contribution in [1.29, 1.82) is 0 Å². The predicted molar refractivity (Wildman–Crippen MR) is 121 cm³/mol. The maximum atomic E-state index is 12.0. The fourth-order valence-electron chi connectivity index (χ4n) is 3.51. The molecule has 31 heavy (non-hydrogen) atoms. The van der Waals surface area contributed by atoms with Crippen LogP contribution in [0.3, 0.4) is 0 Å². The Balaban J connectivity index is 1.16. The quantitative estimate of drug-likeness (QED) is 0.336. The van der Waals surface area contributed by atoms with Crippen LogP contribution in [0.25, 0.3) is 21.5 Å². The zero-order valence-corrected chi connectivity index (χ0v) is 17.3. The number of rotatable bonds is 8. The van der Waals surface area contributed by atoms with Crippen LogP contribution in [0.5, 0.6) is 0 Å². The Bertz CT molecular complexity index is 1120. The highest BCUT2D eigenvalue weighted by atomic mass is 16.5. The van der Waals surface area contributed by atoms with E-state index in [1.807, 2.05) is 84.9 Å². The smallest absolute Gasteiger partial charge is 0.306 e. The van der Waals surface area contributed by atoms with E-state index in [1.165, 1.54) is 0 Å². The molecule has 156 valence electrons. The lowest BCUT2D eigenvalue weighted by Crippen LogP contribution is -2.08. The van der Waals surface area contributed by atoms with Gasteiger partial charge in [-0.2, -0.15) is 0 Å². The number of fused-ring (bicyclic) bond motifs is 2. The first-order chi connectivity index (χ1) is 15.2. The molecule has 4 rings (SSSR count). The Kier molecular flexibility index (Phi) is 6.58. The molecule has 0 heterocycles. The monoisotopic (exact) mass is 412 g/mol. The molecule has 0 aliphatic carbocycles. The minimum atomic E-state index is -0.310. The molecule has 4 heteroatoms. The molecule has 0 aromatic heterocycles. The fourth-order valence-corrected chi connectivity index (χ4v) is 3.51. The molecule has 0 atom stereocenters. The number of carbonyl (C=O) groups is 2. The minimum Gasteiger partial charge on any atom is -0.461 e. The molecule has 4 aromatic carbocycles. The van der Waals surface area contributed by atoms with E-state index in [0.717, 1.165) is 32.7 Å². The summed E-state index contributed by atoms with van der Waals surface area (Å²) in [7, 11) is 0. The first-order valence-electron chi connectivity index (χ1n) is 10.4. The predicted octanol–water partition coefficient (Wildman–Crippen LogP) is 5.95. The Morgan fingerprint density at radius 3 is 1.42 bits per heavy atom. The maximum absolute atomic E-state index is 12.0. The van der Waals surface area contributed by atoms with Crippen molar-refractivity contribution in [2.75, 3.05) is 0 Å². The summed E-state index contributed by atoms with van der Waals surface area (Å²) in [4.78, 5) is 24.0. The van der Waals surface area contributed by atoms with E-state index in [-0.39, 0.29) is 38.0 Å². The van der Waals surface area contributed by atoms with Crippen LogP contribution in [0.2, 0.25) is 0 Å². The zero-order valence-electron chi connectivity index (χ0n) is 17.3. The van der Waals surface area contributed by atoms with Crippen LogP contribution < -0.4 is 0 Å². The van der Waals surface area contributed by atoms with Crippen molar-refractivity contribution >= 4 is 33.5 Å². The van der Waals surface area contributed by atoms with Crippen LogP contribution >= 0.6 is 0 Å². The highest BCUT2D eigenvalue weighted by molar-refractivity contribution is 5.83. The Labute approximate surface area is 181 Å². The van der Waals surface area contributed by atoms with E-state index >= 15 is 0 Å². The molecule has 0 radical (unpaired) electrons. The van der Waals surface area contributed by atoms with E-state index in [2.05, 4.69) is 0 Å². The Hall–Kier alpha value is -3.66. The average Bonchev–Trinajstić information content (AvgIpc) is 2.81. The maximum Gasteiger partial charge on any atom is 0.306 e. The molecule has 0 aliphatic heterocycles. The van der Waals surface area contributed by atoms with Crippen molar-refractivity contribution in [3.8, 4) is 0 Å². The first kappa shape index (κ1) is 20.6. The number of hydrogen-bond acceptors (Lipinski definition) is 4. The van der Waals surface area contributed by atoms with Gasteiger partial charge in [-0.15, -0.1) is 0 Å². The molecule has 0 bridgehead atoms. The Morgan fingerprint density at radius 1 is 0.548 bits per heavy atom. The van der Waals surface area contributed by atoms with Crippen LogP contribution in [-0.4, -0.2) is 11.9 Å². The molecule has 0 spiro atoms. The average molecular weight is 412 g/mol. The molecule has 0 unspecified atom stereocenters. The van der Waals surface area contributed by atoms with Crippen LogP contribution in [0, 0.1) is 0 Å². The summed E-state index contributed by atoms with van der Waals surface area (Å²) < 4.78 is 10.7. The van der Waals surface area contributed by atoms with Gasteiger partial charge in [-0.05, 0) is 51.2 Å². The van der Waals surface area contributed by atoms with E-state index in [1.54, 1.807) is 0 Å². The summed E-state index contributed by atoms with van der Waals surface area (Å²) in [5.41, 5.74) is 1.89. The van der Waals surface area contributed by atoms with Gasteiger partial charge in [-0.3, -0.25) is 9.59 Å². The third-order valence-corrected chi connectivity index (χ3v) is 5.19. The third kappa shape index (κ3) is 5.70. The normalized spacial score (nSPS) is 10.8. The molecule has 0 aliphatic rings. The van der Waals surface area contributed by atoms with Gasteiger partial charge >= 0.3 is 11.9 Å². The zero-order chi connectivity index (χ0) is 21.5. The lowest BCUT2D eigenvalue weighted by atomic mass is 10.1. The third-order valence-electron chi connectivity index (χ3n) is 5.19. The number of benzene rings is 4. The van der Waals surface area contributed by atoms with Gasteiger partial charge in [0.1, 0.15) is 13.2 Å². The van der Waals surface area contributed by atoms with Crippen LogP contribution in [-0.2, 0) is 32.3 Å². The van der Waals surface area contributed by atoms with E-state index in [4.69, 9.17) is 9.47 Å². The second-order valence-electron chi connectivity index (χ2n) is 7.54. The molecule has 0 amide bonds. The van der Waals surface area contributed by atoms with Crippen LogP contribution in [0.15, 0.2) is 84.9 Å². The summed E-state index contributed by atoms with van der Waals surface area (Å²) in [6.07, 6.45) is 0.796. The molecule has 4 aromatic rings. The number of carbonyl (C=O) groups excluding carboxylic acids is 2. The van der Waals surface area contributed by atoms with Gasteiger partial charge in [0, 0.05) is 12.8 Å². The molecule has 0 saturated heterocycles. The van der Waals surface area contributed by atoms with Gasteiger partial charge in [0.2, 0.25) is 0 Å². The Morgan fingerprint density at radius 2 is 0.968 bits per heavy atom. The molecule has 0 N–H and O–H groups in total. The van der Waals surface area contributed by atoms with Gasteiger partial charge < -0.3 is 9.47 Å². The topological polar surface area (TPSA) is 52.6 Å². The molecule has 4 nitrogen and oxygen atoms in total. The molecular formula is C27H24O4. The molecule has 0 saturated carbocycles. The lowest BCUT2D eigenvalue weighted by molar-refractivity contribution is -0.146. The largest absolute Gasteiger partial charge is 0.461 e. The van der Waals surface area contributed by atoms with Gasteiger partial charge in [0.25, 0.3) is 0 Å². The van der Waals surface area contributed by atoms with E-state index < -0.39 is 0 Å². The van der Waals surface area contributed by atoms with Crippen LogP contribution in [0.1, 0.15) is 30.4 Å². The van der Waals surface area contributed by atoms with Crippen molar-refractivity contribution in [3.05, 3.63) is 96.1 Å². The van der Waals surface area contributed by atoms with E-state index in [0.29, 0.717) is 6.42 Å². The van der Waals surface area contributed by atoms with E-state index in [9.17, 15) is 9.59 Å². The van der Waals surface area contributed by atoms with Gasteiger partial charge in [0.15, 0.2) is 0 Å². The highest BCUT2D eigenvalue weighted by Crippen LogP contribution is 2.17. The second kappa shape index (κ2) is 9.90. The van der Waals surface area contributed by atoms with Crippen molar-refractivity contribution in [2.24, 2.45) is 0 Å². The van der Waals surface area contributed by atoms with Crippen molar-refractivity contribution in [3.63, 3.8) is 0 Å². The number of hydrogen-bond donors (Lipinski definition) is 0. The lowest BCUT2D eigenvalue weighted by Gasteiger charge is -2.07. The summed E-state index contributed by atoms with van der Waals surface area (Å²) in [5, 5.41) is 4.54. The minimum absolute atomic E-state index is 0.193. The molecule has 0 fully saturated rings. The number of esters is 2. The van der Waals surface area contributed by atoms with Crippen molar-refractivity contribution in [1.82, 2.24) is 0 Å². The fraction of sp³-hybridized carbons (Fsp3) is 0.185. The SMILES string of the molecule is O=C(CCCC(=O)OCc1ccc2ccccc2c1)OCc1ccc2ccccc2c1. The summed E-state index contributed by atoms with van der Waals surface area (Å²) >= 11 is 0. The second-order valence-corrected chi connectivity index (χ2v) is 7.54. The molecular weight excluding hydrogens is 388 g/mol. The van der Waals surface area contributed by atoms with Crippen LogP contribution in [0.4, 0.5) is 0 Å². The van der Waals surface area contributed by atoms with Gasteiger partial charge in [0.05, 0.1) is 0 Å². The summed E-state index contributed by atoms with van der Waals surface area (Å²) in [6.45, 7) is 0.464. The number of ether oxygens (including phenoxy) is 2. The highest BCUT2D eigenvalue weighted by Gasteiger charge is 2.09. The van der Waals surface area contributed by atoms with Gasteiger partial charge in [-0.25, -0.2) is 0 Å². The van der Waals surface area contributed by atoms with Crippen molar-refractivity contribution < 1.29 is 19.1 Å². The summed E-state index contributed by atoms with van der Waals surface area (Å²) in [5.74, 6) is -0.619. The summed E-state index contributed by atoms with van der Waals surface area (Å²) in [6, 6.07) is 28.1.